The molecule has 2 aromatic carbocycles. The third kappa shape index (κ3) is 4.94. The number of alkyl halides is 3. The van der Waals surface area contributed by atoms with Crippen LogP contribution in [0.5, 0.6) is 0 Å². The molecule has 1 atom stereocenters. The average molecular weight is 545 g/mol. The summed E-state index contributed by atoms with van der Waals surface area (Å²) in [5.41, 5.74) is 4.62. The van der Waals surface area contributed by atoms with Gasteiger partial charge >= 0.3 is 6.18 Å². The van der Waals surface area contributed by atoms with E-state index < -0.39 is 35.5 Å². The molecule has 1 fully saturated rings. The van der Waals surface area contributed by atoms with Gasteiger partial charge in [0, 0.05) is 46.4 Å². The SMILES string of the molecule is O=C1CC(c2ccc(NC(=O)Cn3c4c(c(-c5cc(Cl)ccc5C(F)(F)F)cc3=O)C(=O)CC4)cc2)NN1. The lowest BCUT2D eigenvalue weighted by Gasteiger charge is -2.18. The van der Waals surface area contributed by atoms with Crippen LogP contribution in [-0.2, 0) is 28.7 Å². The number of halogens is 4. The first-order chi connectivity index (χ1) is 18.0. The van der Waals surface area contributed by atoms with Crippen molar-refractivity contribution in [1.29, 1.82) is 0 Å². The van der Waals surface area contributed by atoms with E-state index in [1.54, 1.807) is 24.3 Å². The number of hydrogen-bond donors (Lipinski definition) is 3. The van der Waals surface area contributed by atoms with Crippen molar-refractivity contribution in [1.82, 2.24) is 15.4 Å². The van der Waals surface area contributed by atoms with Gasteiger partial charge in [0.25, 0.3) is 5.56 Å². The Bertz CT molecular complexity index is 1530. The van der Waals surface area contributed by atoms with E-state index in [9.17, 15) is 32.3 Å². The number of nitrogens with zero attached hydrogens (tertiary/aromatic N) is 1. The van der Waals surface area contributed by atoms with Gasteiger partial charge in [0.05, 0.1) is 11.6 Å². The predicted octanol–water partition coefficient (Wildman–Crippen LogP) is 4.02. The quantitative estimate of drug-likeness (QED) is 0.449. The zero-order chi connectivity index (χ0) is 27.2. The van der Waals surface area contributed by atoms with Gasteiger partial charge in [-0.3, -0.25) is 24.6 Å². The number of rotatable bonds is 5. The summed E-state index contributed by atoms with van der Waals surface area (Å²) in [5, 5.41) is 2.70. The lowest BCUT2D eigenvalue weighted by atomic mass is 9.94. The summed E-state index contributed by atoms with van der Waals surface area (Å²) in [6, 6.07) is 10.5. The molecule has 12 heteroatoms. The van der Waals surface area contributed by atoms with E-state index in [0.29, 0.717) is 5.69 Å². The van der Waals surface area contributed by atoms with E-state index in [1.165, 1.54) is 0 Å². The number of amides is 2. The van der Waals surface area contributed by atoms with Crippen LogP contribution in [0.3, 0.4) is 0 Å². The number of fused-ring (bicyclic) bond motifs is 1. The summed E-state index contributed by atoms with van der Waals surface area (Å²) in [7, 11) is 0. The minimum Gasteiger partial charge on any atom is -0.325 e. The van der Waals surface area contributed by atoms with Gasteiger partial charge in [-0.2, -0.15) is 13.2 Å². The molecule has 5 rings (SSSR count). The van der Waals surface area contributed by atoms with Gasteiger partial charge in [-0.15, -0.1) is 0 Å². The van der Waals surface area contributed by atoms with Crippen LogP contribution in [0, 0.1) is 0 Å². The van der Waals surface area contributed by atoms with Gasteiger partial charge in [0.1, 0.15) is 6.54 Å². The highest BCUT2D eigenvalue weighted by atomic mass is 35.5. The zero-order valence-corrected chi connectivity index (χ0v) is 20.4. The summed E-state index contributed by atoms with van der Waals surface area (Å²) >= 11 is 5.96. The molecule has 0 saturated carbocycles. The molecule has 1 aliphatic carbocycles. The molecule has 1 saturated heterocycles. The second-order valence-electron chi connectivity index (χ2n) is 9.03. The molecule has 196 valence electrons. The average Bonchev–Trinajstić information content (AvgIpc) is 3.46. The molecule has 38 heavy (non-hydrogen) atoms. The number of pyridine rings is 1. The number of ketones is 1. The van der Waals surface area contributed by atoms with Gasteiger partial charge < -0.3 is 9.88 Å². The lowest BCUT2D eigenvalue weighted by Crippen LogP contribution is -2.30. The van der Waals surface area contributed by atoms with E-state index in [-0.39, 0.29) is 58.6 Å². The number of anilines is 1. The maximum Gasteiger partial charge on any atom is 0.417 e. The maximum atomic E-state index is 13.7. The van der Waals surface area contributed by atoms with Gasteiger partial charge in [-0.1, -0.05) is 23.7 Å². The number of carbonyl (C=O) groups excluding carboxylic acids is 3. The fourth-order valence-corrected chi connectivity index (χ4v) is 4.97. The highest BCUT2D eigenvalue weighted by molar-refractivity contribution is 6.31. The fourth-order valence-electron chi connectivity index (χ4n) is 4.80. The Labute approximate surface area is 218 Å². The van der Waals surface area contributed by atoms with E-state index in [0.717, 1.165) is 34.4 Å². The van der Waals surface area contributed by atoms with Crippen molar-refractivity contribution in [2.24, 2.45) is 0 Å². The molecule has 2 amide bonds. The van der Waals surface area contributed by atoms with Crippen molar-refractivity contribution >= 4 is 34.9 Å². The van der Waals surface area contributed by atoms with E-state index >= 15 is 0 Å². The van der Waals surface area contributed by atoms with Gasteiger partial charge in [0.15, 0.2) is 5.78 Å². The predicted molar refractivity (Wildman–Crippen MR) is 133 cm³/mol. The number of nitrogens with one attached hydrogen (secondary N) is 3. The molecule has 1 unspecified atom stereocenters. The van der Waals surface area contributed by atoms with Crippen molar-refractivity contribution < 1.29 is 27.6 Å². The Hall–Kier alpha value is -3.96. The number of hydrazine groups is 1. The summed E-state index contributed by atoms with van der Waals surface area (Å²) in [6.45, 7) is -0.430. The van der Waals surface area contributed by atoms with Crippen molar-refractivity contribution in [3.8, 4) is 11.1 Å². The molecule has 0 bridgehead atoms. The lowest BCUT2D eigenvalue weighted by molar-refractivity contribution is -0.137. The third-order valence-electron chi connectivity index (χ3n) is 6.54. The Morgan fingerprint density at radius 1 is 1.03 bits per heavy atom. The summed E-state index contributed by atoms with van der Waals surface area (Å²) < 4.78 is 42.3. The van der Waals surface area contributed by atoms with E-state index in [1.807, 2.05) is 0 Å². The normalized spacial score (nSPS) is 16.9. The molecule has 1 aromatic heterocycles. The summed E-state index contributed by atoms with van der Waals surface area (Å²) in [4.78, 5) is 50.0. The highest BCUT2D eigenvalue weighted by Crippen LogP contribution is 2.41. The number of aromatic nitrogens is 1. The molecular formula is C26H20ClF3N4O4. The molecule has 3 aromatic rings. The Balaban J connectivity index is 1.44. The van der Waals surface area contributed by atoms with Crippen LogP contribution < -0.4 is 21.7 Å². The fraction of sp³-hybridized carbons (Fsp3) is 0.231. The van der Waals surface area contributed by atoms with Crippen LogP contribution in [0.4, 0.5) is 18.9 Å². The van der Waals surface area contributed by atoms with Gasteiger partial charge in [-0.05, 0) is 47.9 Å². The molecule has 0 spiro atoms. The first-order valence-electron chi connectivity index (χ1n) is 11.6. The topological polar surface area (TPSA) is 109 Å². The molecule has 1 aliphatic heterocycles. The Kier molecular flexibility index (Phi) is 6.58. The van der Waals surface area contributed by atoms with Crippen molar-refractivity contribution in [2.45, 2.75) is 38.0 Å². The monoisotopic (exact) mass is 544 g/mol. The molecule has 2 heterocycles. The zero-order valence-electron chi connectivity index (χ0n) is 19.6. The Morgan fingerprint density at radius 3 is 2.42 bits per heavy atom. The minimum absolute atomic E-state index is 0.00332. The summed E-state index contributed by atoms with van der Waals surface area (Å²) in [5.74, 6) is -1.09. The van der Waals surface area contributed by atoms with Gasteiger partial charge in [-0.25, -0.2) is 5.43 Å². The van der Waals surface area contributed by atoms with E-state index in [4.69, 9.17) is 11.6 Å². The largest absolute Gasteiger partial charge is 0.417 e. The van der Waals surface area contributed by atoms with Crippen LogP contribution >= 0.6 is 11.6 Å². The van der Waals surface area contributed by atoms with Crippen LogP contribution in [0.25, 0.3) is 11.1 Å². The Morgan fingerprint density at radius 2 is 1.76 bits per heavy atom. The van der Waals surface area contributed by atoms with Crippen molar-refractivity contribution in [3.05, 3.63) is 86.3 Å². The maximum absolute atomic E-state index is 13.7. The number of carbonyl (C=O) groups is 3. The highest BCUT2D eigenvalue weighted by Gasteiger charge is 2.36. The van der Waals surface area contributed by atoms with Crippen molar-refractivity contribution in [3.63, 3.8) is 0 Å². The molecular weight excluding hydrogens is 525 g/mol. The van der Waals surface area contributed by atoms with Crippen LogP contribution in [0.1, 0.15) is 46.1 Å². The standard InChI is InChI=1S/C26H20ClF3N4O4/c27-14-3-6-18(26(28,29)30)16(9-14)17-10-24(38)34(20-7-8-21(35)25(17)20)12-23(37)31-15-4-1-13(2-5-15)19-11-22(36)33-32-19/h1-6,9-10,19,32H,7-8,11-12H2,(H,31,37)(H,33,36). The minimum atomic E-state index is -4.74. The van der Waals surface area contributed by atoms with Crippen LogP contribution in [-0.4, -0.2) is 22.2 Å². The third-order valence-corrected chi connectivity index (χ3v) is 6.77. The second-order valence-corrected chi connectivity index (χ2v) is 9.47. The number of hydrogen-bond acceptors (Lipinski definition) is 5. The first kappa shape index (κ1) is 25.7. The molecule has 0 radical (unpaired) electrons. The second kappa shape index (κ2) is 9.73. The number of Topliss-reactive ketones (excluding diaryl/α,β-unsaturated/α-hetero) is 1. The van der Waals surface area contributed by atoms with Crippen molar-refractivity contribution in [2.75, 3.05) is 5.32 Å². The van der Waals surface area contributed by atoms with Gasteiger partial charge in [0.2, 0.25) is 11.8 Å². The molecule has 3 N–H and O–H groups in total. The first-order valence-corrected chi connectivity index (χ1v) is 12.0. The van der Waals surface area contributed by atoms with Crippen LogP contribution in [0.2, 0.25) is 5.02 Å². The van der Waals surface area contributed by atoms with Crippen LogP contribution in [0.15, 0.2) is 53.3 Å². The smallest absolute Gasteiger partial charge is 0.325 e. The molecule has 2 aliphatic rings. The van der Waals surface area contributed by atoms with E-state index in [2.05, 4.69) is 16.2 Å². The summed E-state index contributed by atoms with van der Waals surface area (Å²) in [6.07, 6.45) is -4.33. The molecule has 8 nitrogen and oxygen atoms in total. The number of benzene rings is 2.